The minimum absolute atomic E-state index is 0.468. The van der Waals surface area contributed by atoms with E-state index in [2.05, 4.69) is 10.2 Å². The summed E-state index contributed by atoms with van der Waals surface area (Å²) < 4.78 is 16.5. The quantitative estimate of drug-likeness (QED) is 0.648. The van der Waals surface area contributed by atoms with E-state index in [1.165, 1.54) is 0 Å². The molecule has 0 radical (unpaired) electrons. The molecule has 0 aromatic carbocycles. The van der Waals surface area contributed by atoms with Crippen LogP contribution in [-0.2, 0) is 15.5 Å². The molecule has 2 rings (SSSR count). The first kappa shape index (κ1) is 10.5. The van der Waals surface area contributed by atoms with Gasteiger partial charge in [-0.25, -0.2) is 0 Å². The highest BCUT2D eigenvalue weighted by atomic mass is 32.2. The molecule has 2 heterocycles. The fraction of sp³-hybridized carbons (Fsp3) is 1.00. The van der Waals surface area contributed by atoms with Gasteiger partial charge in [0.15, 0.2) is 0 Å². The minimum atomic E-state index is -0.561. The van der Waals surface area contributed by atoms with Crippen molar-refractivity contribution in [2.75, 3.05) is 50.9 Å². The third-order valence-corrected chi connectivity index (χ3v) is 4.02. The highest BCUT2D eigenvalue weighted by Gasteiger charge is 2.20. The van der Waals surface area contributed by atoms with Gasteiger partial charge in [-0.1, -0.05) is 0 Å². The van der Waals surface area contributed by atoms with Crippen molar-refractivity contribution in [1.29, 1.82) is 0 Å². The van der Waals surface area contributed by atoms with Gasteiger partial charge in [-0.05, 0) is 0 Å². The molecule has 0 spiro atoms. The summed E-state index contributed by atoms with van der Waals surface area (Å²) in [5, 5.41) is 3.44. The topological polar surface area (TPSA) is 41.6 Å². The Labute approximate surface area is 87.4 Å². The fourth-order valence-corrected chi connectivity index (χ4v) is 3.03. The number of hydrogen-bond donors (Lipinski definition) is 1. The van der Waals surface area contributed by atoms with E-state index in [0.717, 1.165) is 50.9 Å². The lowest BCUT2D eigenvalue weighted by Crippen LogP contribution is -2.51. The van der Waals surface area contributed by atoms with E-state index in [1.807, 2.05) is 0 Å². The Kier molecular flexibility index (Phi) is 3.92. The molecule has 0 aromatic rings. The normalized spacial score (nSPS) is 31.9. The van der Waals surface area contributed by atoms with Gasteiger partial charge in [0.25, 0.3) is 0 Å². The molecule has 0 amide bonds. The third kappa shape index (κ3) is 3.02. The summed E-state index contributed by atoms with van der Waals surface area (Å²) in [4.78, 5) is 2.38. The highest BCUT2D eigenvalue weighted by molar-refractivity contribution is 7.85. The van der Waals surface area contributed by atoms with Crippen molar-refractivity contribution in [2.24, 2.45) is 0 Å². The number of ether oxygens (including phenoxy) is 1. The van der Waals surface area contributed by atoms with Gasteiger partial charge in [0, 0.05) is 54.5 Å². The van der Waals surface area contributed by atoms with Crippen LogP contribution in [0.4, 0.5) is 0 Å². The standard InChI is InChI=1S/C9H18N2O2S/c12-14-5-2-11(3-6-14)7-9-8-13-4-1-10-9/h9-10H,1-8H2. The van der Waals surface area contributed by atoms with Gasteiger partial charge in [0.05, 0.1) is 13.2 Å². The van der Waals surface area contributed by atoms with Crippen molar-refractivity contribution in [3.8, 4) is 0 Å². The summed E-state index contributed by atoms with van der Waals surface area (Å²) in [6.07, 6.45) is 0. The van der Waals surface area contributed by atoms with Gasteiger partial charge in [0.1, 0.15) is 0 Å². The first-order valence-corrected chi connectivity index (χ1v) is 6.72. The minimum Gasteiger partial charge on any atom is -0.378 e. The van der Waals surface area contributed by atoms with Gasteiger partial charge < -0.3 is 10.1 Å². The van der Waals surface area contributed by atoms with Crippen LogP contribution in [0.15, 0.2) is 0 Å². The van der Waals surface area contributed by atoms with Crippen molar-refractivity contribution in [2.45, 2.75) is 6.04 Å². The zero-order valence-electron chi connectivity index (χ0n) is 8.41. The highest BCUT2D eigenvalue weighted by Crippen LogP contribution is 2.03. The monoisotopic (exact) mass is 218 g/mol. The SMILES string of the molecule is O=S1CCN(CC2COCCN2)CC1. The van der Waals surface area contributed by atoms with Crippen LogP contribution in [0.2, 0.25) is 0 Å². The molecule has 0 aliphatic carbocycles. The molecule has 5 heteroatoms. The summed E-state index contributed by atoms with van der Waals surface area (Å²) in [5.74, 6) is 1.68. The summed E-state index contributed by atoms with van der Waals surface area (Å²) in [7, 11) is -0.561. The molecule has 1 unspecified atom stereocenters. The number of nitrogens with one attached hydrogen (secondary N) is 1. The largest absolute Gasteiger partial charge is 0.378 e. The van der Waals surface area contributed by atoms with E-state index in [0.29, 0.717) is 6.04 Å². The lowest BCUT2D eigenvalue weighted by atomic mass is 10.2. The molecule has 0 bridgehead atoms. The molecular weight excluding hydrogens is 200 g/mol. The Balaban J connectivity index is 1.71. The molecule has 2 fully saturated rings. The molecular formula is C9H18N2O2S. The molecule has 2 aliphatic rings. The van der Waals surface area contributed by atoms with Crippen LogP contribution in [-0.4, -0.2) is 66.0 Å². The zero-order chi connectivity index (χ0) is 9.80. The lowest BCUT2D eigenvalue weighted by molar-refractivity contribution is 0.0632. The maximum atomic E-state index is 11.1. The van der Waals surface area contributed by atoms with E-state index < -0.39 is 10.8 Å². The zero-order valence-corrected chi connectivity index (χ0v) is 9.22. The molecule has 2 saturated heterocycles. The Morgan fingerprint density at radius 3 is 2.86 bits per heavy atom. The first-order valence-electron chi connectivity index (χ1n) is 5.23. The molecule has 1 atom stereocenters. The van der Waals surface area contributed by atoms with Gasteiger partial charge in [0.2, 0.25) is 0 Å². The number of morpholine rings is 1. The van der Waals surface area contributed by atoms with Crippen molar-refractivity contribution >= 4 is 10.8 Å². The molecule has 82 valence electrons. The van der Waals surface area contributed by atoms with Crippen molar-refractivity contribution in [3.05, 3.63) is 0 Å². The Bertz CT molecular complexity index is 197. The average Bonchev–Trinajstić information content (AvgIpc) is 2.23. The van der Waals surface area contributed by atoms with Crippen LogP contribution in [0.5, 0.6) is 0 Å². The fourth-order valence-electron chi connectivity index (χ4n) is 1.91. The van der Waals surface area contributed by atoms with Crippen LogP contribution >= 0.6 is 0 Å². The van der Waals surface area contributed by atoms with Gasteiger partial charge in [-0.3, -0.25) is 9.11 Å². The Morgan fingerprint density at radius 2 is 2.21 bits per heavy atom. The Morgan fingerprint density at radius 1 is 1.43 bits per heavy atom. The molecule has 14 heavy (non-hydrogen) atoms. The van der Waals surface area contributed by atoms with E-state index in [4.69, 9.17) is 4.74 Å². The summed E-state index contributed by atoms with van der Waals surface area (Å²) in [6, 6.07) is 0.468. The number of rotatable bonds is 2. The van der Waals surface area contributed by atoms with E-state index in [-0.39, 0.29) is 0 Å². The second-order valence-corrected chi connectivity index (χ2v) is 5.57. The van der Waals surface area contributed by atoms with Crippen LogP contribution in [0, 0.1) is 0 Å². The van der Waals surface area contributed by atoms with Gasteiger partial charge >= 0.3 is 0 Å². The molecule has 1 N–H and O–H groups in total. The number of hydrogen-bond acceptors (Lipinski definition) is 4. The predicted octanol–water partition coefficient (Wildman–Crippen LogP) is -0.961. The van der Waals surface area contributed by atoms with E-state index in [1.54, 1.807) is 0 Å². The van der Waals surface area contributed by atoms with Crippen molar-refractivity contribution < 1.29 is 8.95 Å². The van der Waals surface area contributed by atoms with Crippen LogP contribution in [0.1, 0.15) is 0 Å². The van der Waals surface area contributed by atoms with Gasteiger partial charge in [-0.15, -0.1) is 0 Å². The Hall–Kier alpha value is 0.0300. The maximum Gasteiger partial charge on any atom is 0.0632 e. The smallest absolute Gasteiger partial charge is 0.0632 e. The summed E-state index contributed by atoms with van der Waals surface area (Å²) >= 11 is 0. The lowest BCUT2D eigenvalue weighted by Gasteiger charge is -2.32. The molecule has 0 aromatic heterocycles. The van der Waals surface area contributed by atoms with Crippen molar-refractivity contribution in [3.63, 3.8) is 0 Å². The summed E-state index contributed by atoms with van der Waals surface area (Å²) in [5.41, 5.74) is 0. The van der Waals surface area contributed by atoms with Crippen LogP contribution in [0.25, 0.3) is 0 Å². The van der Waals surface area contributed by atoms with E-state index in [9.17, 15) is 4.21 Å². The maximum absolute atomic E-state index is 11.1. The molecule has 4 nitrogen and oxygen atoms in total. The van der Waals surface area contributed by atoms with Crippen LogP contribution < -0.4 is 5.32 Å². The van der Waals surface area contributed by atoms with Gasteiger partial charge in [-0.2, -0.15) is 0 Å². The first-order chi connectivity index (χ1) is 6.84. The van der Waals surface area contributed by atoms with Crippen LogP contribution in [0.3, 0.4) is 0 Å². The summed E-state index contributed by atoms with van der Waals surface area (Å²) in [6.45, 7) is 5.61. The predicted molar refractivity (Wildman–Crippen MR) is 56.9 cm³/mol. The number of nitrogens with zero attached hydrogens (tertiary/aromatic N) is 1. The molecule has 0 saturated carbocycles. The average molecular weight is 218 g/mol. The van der Waals surface area contributed by atoms with E-state index >= 15 is 0 Å². The third-order valence-electron chi connectivity index (χ3n) is 2.75. The van der Waals surface area contributed by atoms with Crippen molar-refractivity contribution in [1.82, 2.24) is 10.2 Å². The second-order valence-electron chi connectivity index (χ2n) is 3.87. The molecule has 2 aliphatic heterocycles. The second kappa shape index (κ2) is 5.21.